The Bertz CT molecular complexity index is 1380. The van der Waals surface area contributed by atoms with E-state index in [-0.39, 0.29) is 37.4 Å². The number of imidazole rings is 1. The number of carbonyl (C=O) groups excluding carboxylic acids is 3. The summed E-state index contributed by atoms with van der Waals surface area (Å²) < 4.78 is 7.13. The number of nitrogen functional groups attached to an aromatic ring is 1. The molecule has 1 aliphatic heterocycles. The van der Waals surface area contributed by atoms with Gasteiger partial charge in [-0.25, -0.2) is 15.0 Å². The van der Waals surface area contributed by atoms with Crippen molar-refractivity contribution in [3.63, 3.8) is 0 Å². The number of fused-ring (bicyclic) bond motifs is 1. The minimum Gasteiger partial charge on any atom is -0.466 e. The summed E-state index contributed by atoms with van der Waals surface area (Å²) in [6, 6.07) is 10.8. The molecule has 2 aromatic carbocycles. The second-order valence-corrected chi connectivity index (χ2v) is 8.02. The van der Waals surface area contributed by atoms with Crippen molar-refractivity contribution in [3.8, 4) is 0 Å². The predicted molar refractivity (Wildman–Crippen MR) is 124 cm³/mol. The molecule has 34 heavy (non-hydrogen) atoms. The van der Waals surface area contributed by atoms with Gasteiger partial charge in [-0.3, -0.25) is 19.3 Å². The molecule has 0 bridgehead atoms. The maximum absolute atomic E-state index is 12.9. The number of rotatable bonds is 8. The zero-order valence-corrected chi connectivity index (χ0v) is 18.3. The molecule has 3 heterocycles. The molecule has 10 nitrogen and oxygen atoms in total. The van der Waals surface area contributed by atoms with Crippen molar-refractivity contribution in [2.24, 2.45) is 0 Å². The summed E-state index contributed by atoms with van der Waals surface area (Å²) in [6.45, 7) is 0.942. The highest BCUT2D eigenvalue weighted by molar-refractivity contribution is 6.25. The number of imide groups is 1. The van der Waals surface area contributed by atoms with Gasteiger partial charge >= 0.3 is 5.97 Å². The largest absolute Gasteiger partial charge is 0.466 e. The van der Waals surface area contributed by atoms with Gasteiger partial charge in [0.2, 0.25) is 0 Å². The Morgan fingerprint density at radius 1 is 0.941 bits per heavy atom. The number of carbonyl (C=O) groups is 3. The van der Waals surface area contributed by atoms with Crippen molar-refractivity contribution in [2.75, 3.05) is 18.9 Å². The third kappa shape index (κ3) is 3.83. The van der Waals surface area contributed by atoms with Gasteiger partial charge in [-0.1, -0.05) is 24.3 Å². The number of aromatic nitrogens is 4. The van der Waals surface area contributed by atoms with Gasteiger partial charge < -0.3 is 15.0 Å². The number of nitrogens with two attached hydrogens (primary N) is 1. The van der Waals surface area contributed by atoms with Gasteiger partial charge in [0.25, 0.3) is 11.8 Å². The summed E-state index contributed by atoms with van der Waals surface area (Å²) in [5.41, 5.74) is 7.97. The number of nitrogens with zero attached hydrogens (tertiary/aromatic N) is 5. The molecule has 0 saturated carbocycles. The number of aryl methyl sites for hydroxylation is 1. The first kappa shape index (κ1) is 21.5. The molecule has 0 aliphatic carbocycles. The van der Waals surface area contributed by atoms with E-state index in [2.05, 4.69) is 15.0 Å². The van der Waals surface area contributed by atoms with E-state index in [1.54, 1.807) is 30.6 Å². The van der Waals surface area contributed by atoms with Gasteiger partial charge in [-0.15, -0.1) is 0 Å². The van der Waals surface area contributed by atoms with E-state index in [1.807, 2.05) is 16.7 Å². The lowest BCUT2D eigenvalue weighted by Gasteiger charge is -2.27. The van der Waals surface area contributed by atoms with Crippen LogP contribution in [0.2, 0.25) is 0 Å². The Labute approximate surface area is 194 Å². The van der Waals surface area contributed by atoms with Gasteiger partial charge in [0.15, 0.2) is 11.5 Å². The molecule has 2 aromatic heterocycles. The van der Waals surface area contributed by atoms with E-state index in [0.717, 1.165) is 5.39 Å². The van der Waals surface area contributed by atoms with E-state index >= 15 is 0 Å². The molecule has 0 fully saturated rings. The third-order valence-corrected chi connectivity index (χ3v) is 5.85. The zero-order chi connectivity index (χ0) is 23.7. The first-order chi connectivity index (χ1) is 16.5. The number of hydrogen-bond acceptors (Lipinski definition) is 8. The highest BCUT2D eigenvalue weighted by atomic mass is 16.5. The lowest BCUT2D eigenvalue weighted by molar-refractivity contribution is -0.144. The molecule has 10 heteroatoms. The Hall–Kier alpha value is -4.34. The topological polar surface area (TPSA) is 133 Å². The molecule has 1 aliphatic rings. The summed E-state index contributed by atoms with van der Waals surface area (Å²) in [7, 11) is 0. The van der Waals surface area contributed by atoms with Crippen LogP contribution in [0.4, 0.5) is 5.82 Å². The fraction of sp³-hybridized carbons (Fsp3) is 0.250. The minimum absolute atomic E-state index is 0.112. The molecule has 0 unspecified atom stereocenters. The van der Waals surface area contributed by atoms with Crippen molar-refractivity contribution >= 4 is 45.5 Å². The van der Waals surface area contributed by atoms with Crippen molar-refractivity contribution < 1.29 is 19.1 Å². The van der Waals surface area contributed by atoms with Crippen LogP contribution in [-0.4, -0.2) is 55.4 Å². The minimum atomic E-state index is -0.374. The van der Waals surface area contributed by atoms with Crippen LogP contribution in [0, 0.1) is 0 Å². The van der Waals surface area contributed by atoms with Crippen LogP contribution in [0.1, 0.15) is 40.0 Å². The first-order valence-corrected chi connectivity index (χ1v) is 11.0. The Morgan fingerprint density at radius 2 is 1.68 bits per heavy atom. The number of anilines is 1. The van der Waals surface area contributed by atoms with Crippen LogP contribution >= 0.6 is 0 Å². The summed E-state index contributed by atoms with van der Waals surface area (Å²) in [5.74, 6) is -0.721. The van der Waals surface area contributed by atoms with Gasteiger partial charge in [0.1, 0.15) is 11.8 Å². The average Bonchev–Trinajstić information content (AvgIpc) is 3.26. The van der Waals surface area contributed by atoms with E-state index in [1.165, 1.54) is 11.2 Å². The fourth-order valence-corrected chi connectivity index (χ4v) is 4.22. The second-order valence-electron chi connectivity index (χ2n) is 8.02. The molecule has 0 radical (unpaired) electrons. The van der Waals surface area contributed by atoms with Crippen LogP contribution in [0.3, 0.4) is 0 Å². The molecule has 2 N–H and O–H groups in total. The van der Waals surface area contributed by atoms with Crippen LogP contribution in [0.5, 0.6) is 0 Å². The standard InChI is InChI=1S/C24H22N6O4/c25-21-20-22(27-13-26-21)29(14-28-20)10-4-12-34-18(31)9-3-11-30-23(32)16-7-1-5-15-6-2-8-17(19(15)16)24(30)33/h1-2,5-8,13-14H,3-4,9-12H2,(H2,25,26,27). The maximum Gasteiger partial charge on any atom is 0.305 e. The Morgan fingerprint density at radius 3 is 2.41 bits per heavy atom. The monoisotopic (exact) mass is 458 g/mol. The normalized spacial score (nSPS) is 13.1. The molecular weight excluding hydrogens is 436 g/mol. The van der Waals surface area contributed by atoms with E-state index in [4.69, 9.17) is 10.5 Å². The molecule has 5 rings (SSSR count). The zero-order valence-electron chi connectivity index (χ0n) is 18.3. The highest BCUT2D eigenvalue weighted by Crippen LogP contribution is 2.30. The van der Waals surface area contributed by atoms with Crippen LogP contribution in [0.25, 0.3) is 21.9 Å². The number of esters is 1. The summed E-state index contributed by atoms with van der Waals surface area (Å²) in [4.78, 5) is 51.4. The Balaban J connectivity index is 1.11. The van der Waals surface area contributed by atoms with Crippen molar-refractivity contribution in [1.82, 2.24) is 24.4 Å². The van der Waals surface area contributed by atoms with Gasteiger partial charge in [0.05, 0.1) is 12.9 Å². The SMILES string of the molecule is Nc1ncnc2c1ncn2CCCOC(=O)CCCN1C(=O)c2cccc3cccc(c23)C1=O. The summed E-state index contributed by atoms with van der Waals surface area (Å²) in [5, 5.41) is 1.55. The highest BCUT2D eigenvalue weighted by Gasteiger charge is 2.32. The van der Waals surface area contributed by atoms with Crippen molar-refractivity contribution in [3.05, 3.63) is 60.2 Å². The molecule has 4 aromatic rings. The molecule has 172 valence electrons. The fourth-order valence-electron chi connectivity index (χ4n) is 4.22. The summed E-state index contributed by atoms with van der Waals surface area (Å²) in [6.07, 6.45) is 4.03. The van der Waals surface area contributed by atoms with Crippen molar-refractivity contribution in [1.29, 1.82) is 0 Å². The maximum atomic E-state index is 12.9. The molecule has 0 spiro atoms. The first-order valence-electron chi connectivity index (χ1n) is 11.0. The summed E-state index contributed by atoms with van der Waals surface area (Å²) >= 11 is 0. The van der Waals surface area contributed by atoms with Crippen LogP contribution in [0.15, 0.2) is 49.1 Å². The van der Waals surface area contributed by atoms with E-state index < -0.39 is 0 Å². The average molecular weight is 458 g/mol. The predicted octanol–water partition coefficient (Wildman–Crippen LogP) is 2.57. The van der Waals surface area contributed by atoms with Gasteiger partial charge in [-0.05, 0) is 30.4 Å². The Kier molecular flexibility index (Phi) is 5.62. The van der Waals surface area contributed by atoms with Crippen LogP contribution < -0.4 is 5.73 Å². The lowest BCUT2D eigenvalue weighted by Crippen LogP contribution is -2.41. The van der Waals surface area contributed by atoms with Gasteiger partial charge in [0, 0.05) is 36.0 Å². The lowest BCUT2D eigenvalue weighted by atomic mass is 9.94. The number of benzene rings is 2. The smallest absolute Gasteiger partial charge is 0.305 e. The molecule has 0 saturated heterocycles. The van der Waals surface area contributed by atoms with Gasteiger partial charge in [-0.2, -0.15) is 0 Å². The van der Waals surface area contributed by atoms with E-state index in [9.17, 15) is 14.4 Å². The van der Waals surface area contributed by atoms with Crippen LogP contribution in [-0.2, 0) is 16.1 Å². The second kappa shape index (κ2) is 8.89. The van der Waals surface area contributed by atoms with E-state index in [0.29, 0.717) is 52.9 Å². The quantitative estimate of drug-likeness (QED) is 0.242. The number of amides is 2. The number of ether oxygens (including phenoxy) is 1. The third-order valence-electron chi connectivity index (χ3n) is 5.85. The molecule has 2 amide bonds. The van der Waals surface area contributed by atoms with Crippen molar-refractivity contribution in [2.45, 2.75) is 25.8 Å². The number of hydrogen-bond donors (Lipinski definition) is 1. The molecule has 0 atom stereocenters. The molecular formula is C24H22N6O4.